The Labute approximate surface area is 125 Å². The summed E-state index contributed by atoms with van der Waals surface area (Å²) >= 11 is 3.07. The molecule has 0 aromatic heterocycles. The molecule has 20 heavy (non-hydrogen) atoms. The lowest BCUT2D eigenvalue weighted by Gasteiger charge is -2.10. The first-order valence-electron chi connectivity index (χ1n) is 6.25. The first kappa shape index (κ1) is 14.7. The fourth-order valence-corrected chi connectivity index (χ4v) is 1.94. The van der Waals surface area contributed by atoms with Crippen LogP contribution in [0.15, 0.2) is 40.9 Å². The van der Waals surface area contributed by atoms with E-state index in [1.807, 2.05) is 6.92 Å². The van der Waals surface area contributed by atoms with Crippen LogP contribution >= 0.6 is 15.9 Å². The normalized spacial score (nSPS) is 10.3. The highest BCUT2D eigenvalue weighted by Gasteiger charge is 2.08. The lowest BCUT2D eigenvalue weighted by Crippen LogP contribution is -1.96. The molecule has 3 nitrogen and oxygen atoms in total. The van der Waals surface area contributed by atoms with Gasteiger partial charge in [0.15, 0.2) is 5.75 Å². The molecule has 0 spiro atoms. The number of halogens is 2. The van der Waals surface area contributed by atoms with Crippen molar-refractivity contribution in [1.82, 2.24) is 0 Å². The summed E-state index contributed by atoms with van der Waals surface area (Å²) in [5, 5.41) is 0. The molecule has 2 aromatic rings. The van der Waals surface area contributed by atoms with Crippen LogP contribution in [0.1, 0.15) is 13.3 Å². The van der Waals surface area contributed by atoms with Crippen LogP contribution in [0.5, 0.6) is 17.2 Å². The second-order valence-corrected chi connectivity index (χ2v) is 5.08. The second kappa shape index (κ2) is 6.61. The van der Waals surface area contributed by atoms with Crippen molar-refractivity contribution >= 4 is 21.6 Å². The molecular weight excluding hydrogens is 325 g/mol. The molecule has 0 saturated carbocycles. The number of hydrogen-bond donors (Lipinski definition) is 1. The van der Waals surface area contributed by atoms with E-state index in [1.165, 1.54) is 12.1 Å². The standard InChI is InChI=1S/C15H15BrFNO2/c1-2-7-19-10-3-5-11(6-4-10)20-15-9-13(17)12(16)8-14(15)18/h3-6,8-9H,2,7,18H2,1H3. The molecule has 0 aliphatic rings. The highest BCUT2D eigenvalue weighted by Crippen LogP contribution is 2.32. The van der Waals surface area contributed by atoms with E-state index in [2.05, 4.69) is 15.9 Å². The number of rotatable bonds is 5. The maximum Gasteiger partial charge on any atom is 0.153 e. The Morgan fingerprint density at radius 1 is 1.15 bits per heavy atom. The molecule has 0 heterocycles. The summed E-state index contributed by atoms with van der Waals surface area (Å²) in [5.74, 6) is 1.21. The Hall–Kier alpha value is -1.75. The van der Waals surface area contributed by atoms with Gasteiger partial charge in [-0.15, -0.1) is 0 Å². The third-order valence-electron chi connectivity index (χ3n) is 2.58. The van der Waals surface area contributed by atoms with Gasteiger partial charge in [-0.3, -0.25) is 0 Å². The van der Waals surface area contributed by atoms with Crippen molar-refractivity contribution in [1.29, 1.82) is 0 Å². The summed E-state index contributed by atoms with van der Waals surface area (Å²) in [4.78, 5) is 0. The molecule has 0 atom stereocenters. The van der Waals surface area contributed by atoms with Crippen molar-refractivity contribution in [3.8, 4) is 17.2 Å². The first-order valence-corrected chi connectivity index (χ1v) is 7.04. The molecule has 2 N–H and O–H groups in total. The molecule has 2 aromatic carbocycles. The van der Waals surface area contributed by atoms with Crippen LogP contribution in [0, 0.1) is 5.82 Å². The van der Waals surface area contributed by atoms with Gasteiger partial charge < -0.3 is 15.2 Å². The highest BCUT2D eigenvalue weighted by atomic mass is 79.9. The van der Waals surface area contributed by atoms with E-state index in [0.29, 0.717) is 22.5 Å². The molecule has 0 aliphatic heterocycles. The van der Waals surface area contributed by atoms with E-state index in [4.69, 9.17) is 15.2 Å². The van der Waals surface area contributed by atoms with E-state index in [9.17, 15) is 4.39 Å². The van der Waals surface area contributed by atoms with E-state index in [1.54, 1.807) is 24.3 Å². The summed E-state index contributed by atoms with van der Waals surface area (Å²) in [6, 6.07) is 9.84. The van der Waals surface area contributed by atoms with Gasteiger partial charge in [0, 0.05) is 6.07 Å². The maximum atomic E-state index is 13.5. The molecule has 106 valence electrons. The fourth-order valence-electron chi connectivity index (χ4n) is 1.58. The minimum Gasteiger partial charge on any atom is -0.494 e. The van der Waals surface area contributed by atoms with Crippen molar-refractivity contribution in [3.05, 3.63) is 46.7 Å². The molecule has 0 saturated heterocycles. The molecule has 2 rings (SSSR count). The Bertz CT molecular complexity index is 587. The number of nitrogens with two attached hydrogens (primary N) is 1. The minimum atomic E-state index is -0.419. The first-order chi connectivity index (χ1) is 9.60. The van der Waals surface area contributed by atoms with Crippen molar-refractivity contribution in [3.63, 3.8) is 0 Å². The van der Waals surface area contributed by atoms with Crippen LogP contribution in [-0.2, 0) is 0 Å². The van der Waals surface area contributed by atoms with Gasteiger partial charge in [-0.1, -0.05) is 6.92 Å². The van der Waals surface area contributed by atoms with Crippen molar-refractivity contribution in [2.75, 3.05) is 12.3 Å². The van der Waals surface area contributed by atoms with Gasteiger partial charge in [0.05, 0.1) is 16.8 Å². The zero-order chi connectivity index (χ0) is 14.5. The average molecular weight is 340 g/mol. The third-order valence-corrected chi connectivity index (χ3v) is 3.18. The van der Waals surface area contributed by atoms with E-state index in [-0.39, 0.29) is 5.75 Å². The monoisotopic (exact) mass is 339 g/mol. The Balaban J connectivity index is 2.12. The van der Waals surface area contributed by atoms with Gasteiger partial charge in [0.1, 0.15) is 17.3 Å². The predicted octanol–water partition coefficient (Wildman–Crippen LogP) is 4.75. The lowest BCUT2D eigenvalue weighted by molar-refractivity contribution is 0.317. The van der Waals surface area contributed by atoms with Gasteiger partial charge in [-0.05, 0) is 52.7 Å². The zero-order valence-corrected chi connectivity index (χ0v) is 12.6. The van der Waals surface area contributed by atoms with Crippen molar-refractivity contribution in [2.45, 2.75) is 13.3 Å². The second-order valence-electron chi connectivity index (χ2n) is 4.23. The van der Waals surface area contributed by atoms with E-state index < -0.39 is 5.82 Å². The van der Waals surface area contributed by atoms with Gasteiger partial charge in [0.25, 0.3) is 0 Å². The Morgan fingerprint density at radius 3 is 2.45 bits per heavy atom. The van der Waals surface area contributed by atoms with Crippen LogP contribution in [-0.4, -0.2) is 6.61 Å². The van der Waals surface area contributed by atoms with E-state index in [0.717, 1.165) is 12.2 Å². The van der Waals surface area contributed by atoms with Crippen LogP contribution in [0.25, 0.3) is 0 Å². The molecule has 0 radical (unpaired) electrons. The number of ether oxygens (including phenoxy) is 2. The summed E-state index contributed by atoms with van der Waals surface area (Å²) in [5.41, 5.74) is 6.15. The van der Waals surface area contributed by atoms with Crippen molar-refractivity contribution < 1.29 is 13.9 Å². The van der Waals surface area contributed by atoms with Crippen LogP contribution in [0.3, 0.4) is 0 Å². The van der Waals surface area contributed by atoms with Gasteiger partial charge in [-0.2, -0.15) is 0 Å². The Morgan fingerprint density at radius 2 is 1.80 bits per heavy atom. The summed E-state index contributed by atoms with van der Waals surface area (Å²) < 4.78 is 24.8. The van der Waals surface area contributed by atoms with Gasteiger partial charge in [0.2, 0.25) is 0 Å². The van der Waals surface area contributed by atoms with Gasteiger partial charge in [-0.25, -0.2) is 4.39 Å². The van der Waals surface area contributed by atoms with Crippen molar-refractivity contribution in [2.24, 2.45) is 0 Å². The molecular formula is C15H15BrFNO2. The highest BCUT2D eigenvalue weighted by molar-refractivity contribution is 9.10. The number of nitrogen functional groups attached to an aromatic ring is 1. The molecule has 0 bridgehead atoms. The SMILES string of the molecule is CCCOc1ccc(Oc2cc(F)c(Br)cc2N)cc1. The van der Waals surface area contributed by atoms with Crippen LogP contribution in [0.4, 0.5) is 10.1 Å². The summed E-state index contributed by atoms with van der Waals surface area (Å²) in [6.07, 6.45) is 0.951. The fraction of sp³-hybridized carbons (Fsp3) is 0.200. The molecule has 0 fully saturated rings. The molecule has 0 amide bonds. The van der Waals surface area contributed by atoms with E-state index >= 15 is 0 Å². The van der Waals surface area contributed by atoms with Gasteiger partial charge >= 0.3 is 0 Å². The zero-order valence-electron chi connectivity index (χ0n) is 11.0. The predicted molar refractivity (Wildman–Crippen MR) is 80.8 cm³/mol. The largest absolute Gasteiger partial charge is 0.494 e. The lowest BCUT2D eigenvalue weighted by atomic mass is 10.3. The smallest absolute Gasteiger partial charge is 0.153 e. The number of benzene rings is 2. The van der Waals surface area contributed by atoms with Crippen LogP contribution in [0.2, 0.25) is 0 Å². The maximum absolute atomic E-state index is 13.5. The quantitative estimate of drug-likeness (QED) is 0.799. The Kier molecular flexibility index (Phi) is 4.84. The summed E-state index contributed by atoms with van der Waals surface area (Å²) in [7, 11) is 0. The number of hydrogen-bond acceptors (Lipinski definition) is 3. The summed E-state index contributed by atoms with van der Waals surface area (Å²) in [6.45, 7) is 2.72. The average Bonchev–Trinajstić information content (AvgIpc) is 2.44. The molecule has 0 unspecified atom stereocenters. The minimum absolute atomic E-state index is 0.285. The number of anilines is 1. The molecule has 5 heteroatoms. The topological polar surface area (TPSA) is 44.5 Å². The third kappa shape index (κ3) is 3.63. The van der Waals surface area contributed by atoms with Crippen LogP contribution < -0.4 is 15.2 Å². The molecule has 0 aliphatic carbocycles.